The molecule has 1 aromatic carbocycles. The molecule has 2 heterocycles. The van der Waals surface area contributed by atoms with Gasteiger partial charge in [-0.05, 0) is 43.0 Å². The van der Waals surface area contributed by atoms with Crippen LogP contribution in [0.25, 0.3) is 10.9 Å². The smallest absolute Gasteiger partial charge is 0.124 e. The lowest BCUT2D eigenvalue weighted by Crippen LogP contribution is -2.06. The van der Waals surface area contributed by atoms with E-state index in [0.29, 0.717) is 0 Å². The quantitative estimate of drug-likeness (QED) is 0.629. The predicted octanol–water partition coefficient (Wildman–Crippen LogP) is 4.06. The molecule has 0 bridgehead atoms. The van der Waals surface area contributed by atoms with Crippen LogP contribution in [-0.2, 0) is 13.0 Å². The van der Waals surface area contributed by atoms with Crippen molar-refractivity contribution in [3.05, 3.63) is 35.3 Å². The highest BCUT2D eigenvalue weighted by Gasteiger charge is 2.15. The summed E-state index contributed by atoms with van der Waals surface area (Å²) in [6, 6.07) is 3.33. The Morgan fingerprint density at radius 3 is 2.75 bits per heavy atom. The monoisotopic (exact) mass is 219 g/mol. The predicted molar refractivity (Wildman–Crippen MR) is 66.3 cm³/mol. The number of benzene rings is 1. The molecule has 2 aromatic rings. The molecule has 86 valence electrons. The highest BCUT2D eigenvalue weighted by atomic mass is 19.1. The van der Waals surface area contributed by atoms with E-state index < -0.39 is 0 Å². The van der Waals surface area contributed by atoms with Crippen molar-refractivity contribution in [1.29, 1.82) is 0 Å². The summed E-state index contributed by atoms with van der Waals surface area (Å²) in [5.74, 6) is -0.102. The van der Waals surface area contributed by atoms with Gasteiger partial charge in [-0.1, -0.05) is 13.8 Å². The minimum absolute atomic E-state index is 0.102. The van der Waals surface area contributed by atoms with E-state index >= 15 is 0 Å². The van der Waals surface area contributed by atoms with E-state index in [4.69, 9.17) is 0 Å². The van der Waals surface area contributed by atoms with Crippen molar-refractivity contribution in [3.63, 3.8) is 0 Å². The van der Waals surface area contributed by atoms with Gasteiger partial charge in [0.1, 0.15) is 5.82 Å². The Balaban J connectivity index is 0.000000457. The van der Waals surface area contributed by atoms with Crippen molar-refractivity contribution in [2.45, 2.75) is 40.2 Å². The SMILES string of the molecule is CC.Cc1cn2c3c(cc(F)cc13)CCC2. The molecule has 0 radical (unpaired) electrons. The van der Waals surface area contributed by atoms with Gasteiger partial charge in [0, 0.05) is 18.1 Å². The molecule has 0 amide bonds. The number of nitrogens with zero attached hydrogens (tertiary/aromatic N) is 1. The molecule has 0 fully saturated rings. The van der Waals surface area contributed by atoms with E-state index in [1.54, 1.807) is 12.1 Å². The molecule has 1 nitrogen and oxygen atoms in total. The van der Waals surface area contributed by atoms with E-state index in [1.807, 2.05) is 20.8 Å². The molecule has 1 aliphatic rings. The fourth-order valence-corrected chi connectivity index (χ4v) is 2.47. The van der Waals surface area contributed by atoms with Gasteiger partial charge in [-0.2, -0.15) is 0 Å². The standard InChI is InChI=1S/C12H12FN.C2H6/c1-8-7-14-4-2-3-9-5-10(13)6-11(8)12(9)14;1-2/h5-7H,2-4H2,1H3;1-2H3. The molecule has 0 saturated carbocycles. The van der Waals surface area contributed by atoms with Crippen molar-refractivity contribution in [2.24, 2.45) is 0 Å². The van der Waals surface area contributed by atoms with Gasteiger partial charge in [-0.3, -0.25) is 0 Å². The van der Waals surface area contributed by atoms with Crippen molar-refractivity contribution in [3.8, 4) is 0 Å². The van der Waals surface area contributed by atoms with Crippen molar-refractivity contribution >= 4 is 10.9 Å². The summed E-state index contributed by atoms with van der Waals surface area (Å²) in [5.41, 5.74) is 3.59. The Kier molecular flexibility index (Phi) is 2.99. The van der Waals surface area contributed by atoms with Crippen LogP contribution in [0.5, 0.6) is 0 Å². The van der Waals surface area contributed by atoms with Gasteiger partial charge in [-0.15, -0.1) is 0 Å². The minimum Gasteiger partial charge on any atom is -0.347 e. The first-order valence-corrected chi connectivity index (χ1v) is 6.03. The molecule has 0 saturated heterocycles. The third-order valence-corrected chi connectivity index (χ3v) is 3.06. The average molecular weight is 219 g/mol. The first kappa shape index (κ1) is 11.2. The summed E-state index contributed by atoms with van der Waals surface area (Å²) >= 11 is 0. The topological polar surface area (TPSA) is 4.93 Å². The number of hydrogen-bond acceptors (Lipinski definition) is 0. The molecule has 0 unspecified atom stereocenters. The van der Waals surface area contributed by atoms with Gasteiger partial charge < -0.3 is 4.57 Å². The van der Waals surface area contributed by atoms with Gasteiger partial charge >= 0.3 is 0 Å². The van der Waals surface area contributed by atoms with Gasteiger partial charge in [0.25, 0.3) is 0 Å². The molecule has 0 N–H and O–H groups in total. The second-order valence-corrected chi connectivity index (χ2v) is 4.07. The molecule has 3 rings (SSSR count). The highest BCUT2D eigenvalue weighted by Crippen LogP contribution is 2.29. The normalized spacial score (nSPS) is 13.5. The second kappa shape index (κ2) is 4.28. The number of halogens is 1. The maximum Gasteiger partial charge on any atom is 0.124 e. The fraction of sp³-hybridized carbons (Fsp3) is 0.429. The Morgan fingerprint density at radius 2 is 2.00 bits per heavy atom. The van der Waals surface area contributed by atoms with Crippen LogP contribution in [0.1, 0.15) is 31.4 Å². The molecule has 0 atom stereocenters. The van der Waals surface area contributed by atoms with Crippen molar-refractivity contribution in [2.75, 3.05) is 0 Å². The summed E-state index contributed by atoms with van der Waals surface area (Å²) < 4.78 is 15.5. The Labute approximate surface area is 95.9 Å². The lowest BCUT2D eigenvalue weighted by atomic mass is 10.0. The zero-order valence-electron chi connectivity index (χ0n) is 10.2. The van der Waals surface area contributed by atoms with E-state index in [1.165, 1.54) is 16.6 Å². The van der Waals surface area contributed by atoms with Gasteiger partial charge in [0.15, 0.2) is 0 Å². The van der Waals surface area contributed by atoms with E-state index in [9.17, 15) is 4.39 Å². The maximum atomic E-state index is 13.3. The molecule has 16 heavy (non-hydrogen) atoms. The lowest BCUT2D eigenvalue weighted by Gasteiger charge is -2.15. The summed E-state index contributed by atoms with van der Waals surface area (Å²) in [6.45, 7) is 7.12. The van der Waals surface area contributed by atoms with Crippen LogP contribution in [-0.4, -0.2) is 4.57 Å². The van der Waals surface area contributed by atoms with Crippen LogP contribution >= 0.6 is 0 Å². The number of rotatable bonds is 0. The Bertz CT molecular complexity index is 511. The third-order valence-electron chi connectivity index (χ3n) is 3.06. The summed E-state index contributed by atoms with van der Waals surface area (Å²) in [4.78, 5) is 0. The molecule has 1 aliphatic heterocycles. The zero-order chi connectivity index (χ0) is 11.7. The first-order valence-electron chi connectivity index (χ1n) is 6.03. The number of aromatic nitrogens is 1. The van der Waals surface area contributed by atoms with E-state index in [0.717, 1.165) is 24.8 Å². The van der Waals surface area contributed by atoms with Crippen LogP contribution in [0.4, 0.5) is 4.39 Å². The molecular formula is C14H18FN. The minimum atomic E-state index is -0.102. The Hall–Kier alpha value is -1.31. The second-order valence-electron chi connectivity index (χ2n) is 4.07. The van der Waals surface area contributed by atoms with Gasteiger partial charge in [-0.25, -0.2) is 4.39 Å². The lowest BCUT2D eigenvalue weighted by molar-refractivity contribution is 0.611. The Morgan fingerprint density at radius 1 is 1.25 bits per heavy atom. The molecule has 2 heteroatoms. The molecule has 1 aromatic heterocycles. The van der Waals surface area contributed by atoms with Crippen LogP contribution in [0.15, 0.2) is 18.3 Å². The first-order chi connectivity index (χ1) is 7.75. The largest absolute Gasteiger partial charge is 0.347 e. The van der Waals surface area contributed by atoms with Crippen LogP contribution in [0, 0.1) is 12.7 Å². The zero-order valence-corrected chi connectivity index (χ0v) is 10.2. The van der Waals surface area contributed by atoms with Crippen molar-refractivity contribution < 1.29 is 4.39 Å². The van der Waals surface area contributed by atoms with Crippen LogP contribution in [0.3, 0.4) is 0 Å². The summed E-state index contributed by atoms with van der Waals surface area (Å²) in [6.07, 6.45) is 4.27. The van der Waals surface area contributed by atoms with Crippen LogP contribution in [0.2, 0.25) is 0 Å². The maximum absolute atomic E-state index is 13.3. The molecule has 0 aliphatic carbocycles. The number of aryl methyl sites for hydroxylation is 3. The van der Waals surface area contributed by atoms with E-state index in [-0.39, 0.29) is 5.82 Å². The third kappa shape index (κ3) is 1.62. The van der Waals surface area contributed by atoms with Gasteiger partial charge in [0.05, 0.1) is 5.52 Å². The van der Waals surface area contributed by atoms with Crippen LogP contribution < -0.4 is 0 Å². The fourth-order valence-electron chi connectivity index (χ4n) is 2.47. The van der Waals surface area contributed by atoms with Crippen molar-refractivity contribution in [1.82, 2.24) is 4.57 Å². The summed E-state index contributed by atoms with van der Waals surface area (Å²) in [7, 11) is 0. The molecular weight excluding hydrogens is 201 g/mol. The van der Waals surface area contributed by atoms with Gasteiger partial charge in [0.2, 0.25) is 0 Å². The average Bonchev–Trinajstić information content (AvgIpc) is 2.60. The summed E-state index contributed by atoms with van der Waals surface area (Å²) in [5, 5.41) is 1.08. The van der Waals surface area contributed by atoms with E-state index in [2.05, 4.69) is 10.8 Å². The highest BCUT2D eigenvalue weighted by molar-refractivity contribution is 5.87. The molecule has 0 spiro atoms. The number of hydrogen-bond donors (Lipinski definition) is 0.